The van der Waals surface area contributed by atoms with Gasteiger partial charge in [0.25, 0.3) is 0 Å². The Labute approximate surface area is 160 Å². The summed E-state index contributed by atoms with van der Waals surface area (Å²) in [5.41, 5.74) is 7.12. The lowest BCUT2D eigenvalue weighted by molar-refractivity contribution is 0.923. The molecule has 0 aromatic heterocycles. The summed E-state index contributed by atoms with van der Waals surface area (Å²) in [4.78, 5) is 0. The highest BCUT2D eigenvalue weighted by Crippen LogP contribution is 2.31. The van der Waals surface area contributed by atoms with E-state index in [1.54, 1.807) is 21.1 Å². The van der Waals surface area contributed by atoms with Crippen LogP contribution >= 0.6 is 0 Å². The summed E-state index contributed by atoms with van der Waals surface area (Å²) in [7, 11) is -1.98. The maximum Gasteiger partial charge on any atom is 0.142 e. The van der Waals surface area contributed by atoms with Crippen LogP contribution < -0.4 is 10.4 Å². The van der Waals surface area contributed by atoms with E-state index in [9.17, 15) is 0 Å². The zero-order valence-corrected chi connectivity index (χ0v) is 18.2. The molecule has 2 aromatic carbocycles. The SMILES string of the molecule is CCCC1=C([Si](C)(c2cc(C)cc(C)c2)c2cc(C)cc(C)c2)CC=C1. The van der Waals surface area contributed by atoms with Crippen molar-refractivity contribution >= 4 is 18.4 Å². The fourth-order valence-electron chi connectivity index (χ4n) is 4.62. The number of allylic oxidation sites excluding steroid dienone is 4. The first-order valence-corrected chi connectivity index (χ1v) is 12.4. The number of benzene rings is 2. The van der Waals surface area contributed by atoms with Gasteiger partial charge in [0.2, 0.25) is 0 Å². The van der Waals surface area contributed by atoms with Gasteiger partial charge >= 0.3 is 0 Å². The molecule has 1 aliphatic carbocycles. The van der Waals surface area contributed by atoms with Crippen molar-refractivity contribution in [3.63, 3.8) is 0 Å². The third-order valence-corrected chi connectivity index (χ3v) is 10.4. The fourth-order valence-corrected chi connectivity index (χ4v) is 9.09. The van der Waals surface area contributed by atoms with E-state index in [1.807, 2.05) is 0 Å². The minimum atomic E-state index is -1.98. The van der Waals surface area contributed by atoms with Gasteiger partial charge in [-0.25, -0.2) is 0 Å². The van der Waals surface area contributed by atoms with Crippen LogP contribution in [0.2, 0.25) is 6.55 Å². The lowest BCUT2D eigenvalue weighted by atomic mass is 10.1. The average molecular weight is 361 g/mol. The summed E-state index contributed by atoms with van der Waals surface area (Å²) in [5, 5.41) is 4.84. The maximum atomic E-state index is 2.58. The molecule has 3 rings (SSSR count). The van der Waals surface area contributed by atoms with Gasteiger partial charge in [-0.05, 0) is 50.9 Å². The molecule has 2 aromatic rings. The Bertz CT molecular complexity index is 791. The van der Waals surface area contributed by atoms with E-state index in [4.69, 9.17) is 0 Å². The monoisotopic (exact) mass is 360 g/mol. The van der Waals surface area contributed by atoms with Crippen LogP contribution in [0.15, 0.2) is 59.3 Å². The second-order valence-corrected chi connectivity index (χ2v) is 12.2. The highest BCUT2D eigenvalue weighted by Gasteiger charge is 2.38. The molecule has 0 nitrogen and oxygen atoms in total. The predicted molar refractivity (Wildman–Crippen MR) is 118 cm³/mol. The molecule has 1 aliphatic rings. The van der Waals surface area contributed by atoms with Crippen molar-refractivity contribution < 1.29 is 0 Å². The van der Waals surface area contributed by atoms with Gasteiger partial charge < -0.3 is 0 Å². The first-order valence-electron chi connectivity index (χ1n) is 9.91. The van der Waals surface area contributed by atoms with Crippen LogP contribution in [0, 0.1) is 27.7 Å². The zero-order valence-electron chi connectivity index (χ0n) is 17.2. The van der Waals surface area contributed by atoms with Crippen LogP contribution in [-0.2, 0) is 0 Å². The van der Waals surface area contributed by atoms with E-state index in [0.717, 1.165) is 6.42 Å². The largest absolute Gasteiger partial charge is 0.142 e. The molecule has 0 heterocycles. The minimum Gasteiger partial charge on any atom is -0.0806 e. The van der Waals surface area contributed by atoms with Crippen LogP contribution in [0.25, 0.3) is 0 Å². The Morgan fingerprint density at radius 1 is 0.769 bits per heavy atom. The van der Waals surface area contributed by atoms with Crippen molar-refractivity contribution in [3.8, 4) is 0 Å². The van der Waals surface area contributed by atoms with Crippen LogP contribution in [-0.4, -0.2) is 8.07 Å². The smallest absolute Gasteiger partial charge is 0.0806 e. The minimum absolute atomic E-state index is 1.12. The van der Waals surface area contributed by atoms with Crippen LogP contribution in [0.3, 0.4) is 0 Å². The van der Waals surface area contributed by atoms with E-state index >= 15 is 0 Å². The summed E-state index contributed by atoms with van der Waals surface area (Å²) in [6.07, 6.45) is 8.32. The van der Waals surface area contributed by atoms with Gasteiger partial charge in [0.15, 0.2) is 0 Å². The third-order valence-electron chi connectivity index (χ3n) is 5.75. The van der Waals surface area contributed by atoms with E-state index in [0.29, 0.717) is 0 Å². The Kier molecular flexibility index (Phi) is 5.38. The van der Waals surface area contributed by atoms with Crippen molar-refractivity contribution in [2.75, 3.05) is 0 Å². The molecule has 0 saturated heterocycles. The molecule has 1 heteroatoms. The van der Waals surface area contributed by atoms with E-state index in [2.05, 4.69) is 89.7 Å². The Morgan fingerprint density at radius 3 is 1.65 bits per heavy atom. The second kappa shape index (κ2) is 7.40. The van der Waals surface area contributed by atoms with E-state index in [-0.39, 0.29) is 0 Å². The average Bonchev–Trinajstić information content (AvgIpc) is 3.01. The molecular weight excluding hydrogens is 328 g/mol. The van der Waals surface area contributed by atoms with Crippen molar-refractivity contribution in [2.45, 2.75) is 60.4 Å². The second-order valence-electron chi connectivity index (χ2n) is 8.24. The molecule has 0 spiro atoms. The van der Waals surface area contributed by atoms with Gasteiger partial charge in [-0.3, -0.25) is 0 Å². The lowest BCUT2D eigenvalue weighted by Gasteiger charge is -2.33. The van der Waals surface area contributed by atoms with Gasteiger partial charge in [-0.1, -0.05) is 101 Å². The highest BCUT2D eigenvalue weighted by atomic mass is 28.3. The molecule has 0 atom stereocenters. The molecule has 0 saturated carbocycles. The van der Waals surface area contributed by atoms with Crippen LogP contribution in [0.5, 0.6) is 0 Å². The van der Waals surface area contributed by atoms with Gasteiger partial charge in [0.1, 0.15) is 8.07 Å². The maximum absolute atomic E-state index is 2.58. The summed E-state index contributed by atoms with van der Waals surface area (Å²) >= 11 is 0. The quantitative estimate of drug-likeness (QED) is 0.599. The normalized spacial score (nSPS) is 14.4. The number of hydrogen-bond acceptors (Lipinski definition) is 0. The number of aryl methyl sites for hydroxylation is 4. The first kappa shape index (κ1) is 18.9. The standard InChI is InChI=1S/C25H32Si/c1-7-9-22-10-8-11-25(22)26(6,23-14-18(2)12-19(3)15-23)24-16-20(4)13-21(5)17-24/h8,10,12-17H,7,9,11H2,1-6H3. The molecular formula is C25H32Si. The third kappa shape index (κ3) is 3.50. The topological polar surface area (TPSA) is 0 Å². The molecule has 0 N–H and O–H groups in total. The van der Waals surface area contributed by atoms with Crippen molar-refractivity contribution in [2.24, 2.45) is 0 Å². The van der Waals surface area contributed by atoms with Crippen molar-refractivity contribution in [1.82, 2.24) is 0 Å². The Hall–Kier alpha value is -1.86. The molecule has 26 heavy (non-hydrogen) atoms. The molecule has 136 valence electrons. The Morgan fingerprint density at radius 2 is 1.23 bits per heavy atom. The number of rotatable bonds is 5. The van der Waals surface area contributed by atoms with Gasteiger partial charge in [-0.2, -0.15) is 0 Å². The van der Waals surface area contributed by atoms with Gasteiger partial charge in [-0.15, -0.1) is 0 Å². The summed E-state index contributed by atoms with van der Waals surface area (Å²) in [6.45, 7) is 13.8. The molecule has 0 fully saturated rings. The van der Waals surface area contributed by atoms with Crippen molar-refractivity contribution in [3.05, 3.63) is 81.6 Å². The van der Waals surface area contributed by atoms with Crippen LogP contribution in [0.4, 0.5) is 0 Å². The molecule has 0 unspecified atom stereocenters. The first-order chi connectivity index (χ1) is 12.3. The van der Waals surface area contributed by atoms with Crippen LogP contribution in [0.1, 0.15) is 48.4 Å². The summed E-state index contributed by atoms with van der Waals surface area (Å²) in [5.74, 6) is 0. The summed E-state index contributed by atoms with van der Waals surface area (Å²) < 4.78 is 0. The van der Waals surface area contributed by atoms with Gasteiger partial charge in [0, 0.05) is 0 Å². The van der Waals surface area contributed by atoms with E-state index < -0.39 is 8.07 Å². The molecule has 0 aliphatic heterocycles. The van der Waals surface area contributed by atoms with Gasteiger partial charge in [0.05, 0.1) is 0 Å². The predicted octanol–water partition coefficient (Wildman–Crippen LogP) is 5.71. The summed E-state index contributed by atoms with van der Waals surface area (Å²) in [6, 6.07) is 14.4. The highest BCUT2D eigenvalue weighted by molar-refractivity contribution is 7.06. The molecule has 0 bridgehead atoms. The molecule has 0 amide bonds. The number of hydrogen-bond donors (Lipinski definition) is 0. The van der Waals surface area contributed by atoms with E-state index in [1.165, 1.54) is 35.1 Å². The zero-order chi connectivity index (χ0) is 18.9. The molecule has 0 radical (unpaired) electrons. The Balaban J connectivity index is 2.30. The lowest BCUT2D eigenvalue weighted by Crippen LogP contribution is -2.58. The fraction of sp³-hybridized carbons (Fsp3) is 0.360. The van der Waals surface area contributed by atoms with Crippen molar-refractivity contribution in [1.29, 1.82) is 0 Å².